The maximum atomic E-state index is 12.3. The summed E-state index contributed by atoms with van der Waals surface area (Å²) in [5.41, 5.74) is 0.465. The molecule has 0 fully saturated rings. The van der Waals surface area contributed by atoms with Crippen LogP contribution in [-0.4, -0.2) is 19.9 Å². The van der Waals surface area contributed by atoms with Gasteiger partial charge >= 0.3 is 0 Å². The first-order chi connectivity index (χ1) is 10.5. The van der Waals surface area contributed by atoms with Gasteiger partial charge in [-0.25, -0.2) is 13.4 Å². The third kappa shape index (κ3) is 4.45. The van der Waals surface area contributed by atoms with Gasteiger partial charge in [-0.15, -0.1) is 11.3 Å². The highest BCUT2D eigenvalue weighted by molar-refractivity contribution is 7.94. The first kappa shape index (κ1) is 16.8. The van der Waals surface area contributed by atoms with Crippen LogP contribution < -0.4 is 10.0 Å². The van der Waals surface area contributed by atoms with Crippen molar-refractivity contribution in [1.29, 1.82) is 0 Å². The van der Waals surface area contributed by atoms with Crippen LogP contribution in [0.2, 0.25) is 0 Å². The number of aryl methyl sites for hydroxylation is 1. The molecule has 0 aromatic carbocycles. The molecule has 0 atom stereocenters. The van der Waals surface area contributed by atoms with Crippen LogP contribution in [0.5, 0.6) is 0 Å². The molecule has 0 bridgehead atoms. The second kappa shape index (κ2) is 7.60. The van der Waals surface area contributed by atoms with Gasteiger partial charge in [-0.05, 0) is 37.1 Å². The Bertz CT molecular complexity index is 694. The van der Waals surface area contributed by atoms with Gasteiger partial charge in [-0.2, -0.15) is 0 Å². The summed E-state index contributed by atoms with van der Waals surface area (Å²) in [6, 6.07) is 6.98. The number of rotatable bonds is 8. The van der Waals surface area contributed by atoms with Gasteiger partial charge in [0.2, 0.25) is 0 Å². The average molecular weight is 339 g/mol. The minimum absolute atomic E-state index is 0.328. The topological polar surface area (TPSA) is 71.1 Å². The molecule has 0 aliphatic rings. The molecule has 2 heterocycles. The maximum absolute atomic E-state index is 12.3. The molecule has 0 amide bonds. The first-order valence-electron chi connectivity index (χ1n) is 7.36. The fourth-order valence-corrected chi connectivity index (χ4v) is 4.19. The Morgan fingerprint density at radius 3 is 2.59 bits per heavy atom. The van der Waals surface area contributed by atoms with E-state index >= 15 is 0 Å². The monoisotopic (exact) mass is 339 g/mol. The van der Waals surface area contributed by atoms with E-state index in [9.17, 15) is 8.42 Å². The molecule has 0 unspecified atom stereocenters. The average Bonchev–Trinajstić information content (AvgIpc) is 2.99. The van der Waals surface area contributed by atoms with E-state index in [1.807, 2.05) is 13.0 Å². The maximum Gasteiger partial charge on any atom is 0.271 e. The summed E-state index contributed by atoms with van der Waals surface area (Å²) in [4.78, 5) is 5.27. The number of unbranched alkanes of at least 4 members (excludes halogenated alkanes) is 1. The Morgan fingerprint density at radius 1 is 1.18 bits per heavy atom. The van der Waals surface area contributed by atoms with Crippen molar-refractivity contribution in [2.75, 3.05) is 16.6 Å². The van der Waals surface area contributed by atoms with Gasteiger partial charge in [0.25, 0.3) is 10.0 Å². The van der Waals surface area contributed by atoms with Gasteiger partial charge < -0.3 is 5.32 Å². The number of anilines is 2. The van der Waals surface area contributed by atoms with E-state index in [1.54, 1.807) is 18.2 Å². The molecule has 22 heavy (non-hydrogen) atoms. The Kier molecular flexibility index (Phi) is 5.79. The number of pyridine rings is 1. The van der Waals surface area contributed by atoms with E-state index in [1.165, 1.54) is 17.5 Å². The van der Waals surface area contributed by atoms with Gasteiger partial charge in [-0.1, -0.05) is 20.3 Å². The van der Waals surface area contributed by atoms with Crippen LogP contribution in [0.3, 0.4) is 0 Å². The number of sulfonamides is 1. The Morgan fingerprint density at radius 2 is 2.00 bits per heavy atom. The minimum atomic E-state index is -3.53. The van der Waals surface area contributed by atoms with Crippen molar-refractivity contribution in [1.82, 2.24) is 4.98 Å². The summed E-state index contributed by atoms with van der Waals surface area (Å²) in [7, 11) is -3.53. The lowest BCUT2D eigenvalue weighted by Crippen LogP contribution is -2.12. The van der Waals surface area contributed by atoms with Crippen LogP contribution in [-0.2, 0) is 16.4 Å². The molecule has 2 rings (SSSR count). The number of nitrogens with zero attached hydrogens (tertiary/aromatic N) is 1. The number of hydrogen-bond donors (Lipinski definition) is 2. The predicted molar refractivity (Wildman–Crippen MR) is 92.1 cm³/mol. The van der Waals surface area contributed by atoms with Crippen molar-refractivity contribution in [3.05, 3.63) is 35.3 Å². The lowest BCUT2D eigenvalue weighted by Gasteiger charge is -2.08. The summed E-state index contributed by atoms with van der Waals surface area (Å²) < 4.78 is 27.5. The Balaban J connectivity index is 2.03. The Labute approximate surface area is 135 Å². The highest BCUT2D eigenvalue weighted by atomic mass is 32.2. The van der Waals surface area contributed by atoms with E-state index < -0.39 is 10.0 Å². The summed E-state index contributed by atoms with van der Waals surface area (Å²) in [6.45, 7) is 4.99. The van der Waals surface area contributed by atoms with Crippen LogP contribution in [0.4, 0.5) is 11.5 Å². The molecular weight excluding hydrogens is 318 g/mol. The third-order valence-corrected chi connectivity index (χ3v) is 6.21. The van der Waals surface area contributed by atoms with Crippen molar-refractivity contribution in [2.45, 2.75) is 37.3 Å². The lowest BCUT2D eigenvalue weighted by molar-refractivity contribution is 0.603. The molecule has 2 aromatic rings. The molecule has 0 saturated heterocycles. The summed E-state index contributed by atoms with van der Waals surface area (Å²) >= 11 is 1.29. The second-order valence-electron chi connectivity index (χ2n) is 4.89. The van der Waals surface area contributed by atoms with Crippen LogP contribution in [0, 0.1) is 0 Å². The normalized spacial score (nSPS) is 11.4. The van der Waals surface area contributed by atoms with E-state index in [-0.39, 0.29) is 0 Å². The van der Waals surface area contributed by atoms with E-state index in [0.29, 0.717) is 9.90 Å². The van der Waals surface area contributed by atoms with Gasteiger partial charge in [0.1, 0.15) is 10.0 Å². The zero-order valence-corrected chi connectivity index (χ0v) is 14.4. The zero-order chi connectivity index (χ0) is 16.0. The molecule has 7 heteroatoms. The van der Waals surface area contributed by atoms with Gasteiger partial charge in [-0.3, -0.25) is 4.72 Å². The lowest BCUT2D eigenvalue weighted by atomic mass is 10.3. The molecule has 120 valence electrons. The predicted octanol–water partition coefficient (Wildman–Crippen LogP) is 3.72. The molecular formula is C15H21N3O2S2. The van der Waals surface area contributed by atoms with Crippen LogP contribution >= 0.6 is 11.3 Å². The van der Waals surface area contributed by atoms with Crippen LogP contribution in [0.25, 0.3) is 0 Å². The van der Waals surface area contributed by atoms with Crippen LogP contribution in [0.1, 0.15) is 31.6 Å². The van der Waals surface area contributed by atoms with Gasteiger partial charge in [0, 0.05) is 11.4 Å². The molecule has 5 nitrogen and oxygen atoms in total. The second-order valence-corrected chi connectivity index (χ2v) is 7.97. The third-order valence-electron chi connectivity index (χ3n) is 3.10. The van der Waals surface area contributed by atoms with Crippen LogP contribution in [0.15, 0.2) is 34.7 Å². The standard InChI is InChI=1S/C15H21N3O2S2/c1-3-5-10-16-14-8-6-12(11-17-14)18-22(19,20)15-9-7-13(4-2)21-15/h6-9,11,18H,3-5,10H2,1-2H3,(H,16,17). The number of nitrogens with one attached hydrogen (secondary N) is 2. The molecule has 0 saturated carbocycles. The smallest absolute Gasteiger partial charge is 0.271 e. The fourth-order valence-electron chi connectivity index (χ4n) is 1.85. The van der Waals surface area contributed by atoms with E-state index in [2.05, 4.69) is 21.9 Å². The summed E-state index contributed by atoms with van der Waals surface area (Å²) in [5, 5.41) is 3.19. The minimum Gasteiger partial charge on any atom is -0.370 e. The highest BCUT2D eigenvalue weighted by Crippen LogP contribution is 2.24. The number of thiophene rings is 1. The fraction of sp³-hybridized carbons (Fsp3) is 0.400. The number of hydrogen-bond acceptors (Lipinski definition) is 5. The molecule has 0 aliphatic carbocycles. The van der Waals surface area contributed by atoms with E-state index in [0.717, 1.165) is 36.5 Å². The quantitative estimate of drug-likeness (QED) is 0.719. The molecule has 0 aliphatic heterocycles. The summed E-state index contributed by atoms with van der Waals surface area (Å²) in [6.07, 6.45) is 4.56. The van der Waals surface area contributed by atoms with Gasteiger partial charge in [0.15, 0.2) is 0 Å². The first-order valence-corrected chi connectivity index (χ1v) is 9.66. The van der Waals surface area contributed by atoms with Crippen molar-refractivity contribution < 1.29 is 8.42 Å². The highest BCUT2D eigenvalue weighted by Gasteiger charge is 2.16. The van der Waals surface area contributed by atoms with Crippen molar-refractivity contribution in [2.24, 2.45) is 0 Å². The molecule has 2 N–H and O–H groups in total. The van der Waals surface area contributed by atoms with Crippen molar-refractivity contribution >= 4 is 32.9 Å². The van der Waals surface area contributed by atoms with Gasteiger partial charge in [0.05, 0.1) is 11.9 Å². The molecule has 2 aromatic heterocycles. The molecule has 0 radical (unpaired) electrons. The summed E-state index contributed by atoms with van der Waals surface area (Å²) in [5.74, 6) is 0.751. The van der Waals surface area contributed by atoms with Crippen molar-refractivity contribution in [3.8, 4) is 0 Å². The largest absolute Gasteiger partial charge is 0.370 e. The number of aromatic nitrogens is 1. The molecule has 0 spiro atoms. The van der Waals surface area contributed by atoms with E-state index in [4.69, 9.17) is 0 Å². The Hall–Kier alpha value is -1.60. The SMILES string of the molecule is CCCCNc1ccc(NS(=O)(=O)c2ccc(CC)s2)cn1. The zero-order valence-electron chi connectivity index (χ0n) is 12.8. The van der Waals surface area contributed by atoms with Crippen molar-refractivity contribution in [3.63, 3.8) is 0 Å².